The third kappa shape index (κ3) is 5.05. The highest BCUT2D eigenvalue weighted by Crippen LogP contribution is 2.34. The van der Waals surface area contributed by atoms with Crippen LogP contribution in [0.25, 0.3) is 5.69 Å². The molecule has 0 atom stereocenters. The Morgan fingerprint density at radius 3 is 2.27 bits per heavy atom. The number of hydrogen-bond acceptors (Lipinski definition) is 4. The van der Waals surface area contributed by atoms with Crippen molar-refractivity contribution >= 4 is 11.8 Å². The molecular weight excluding hydrogens is 435 g/mol. The van der Waals surface area contributed by atoms with Gasteiger partial charge in [-0.25, -0.2) is 4.68 Å². The molecule has 2 aromatic rings. The van der Waals surface area contributed by atoms with Crippen LogP contribution in [-0.2, 0) is 11.0 Å². The Kier molecular flexibility index (Phi) is 6.73. The van der Waals surface area contributed by atoms with E-state index in [0.29, 0.717) is 38.4 Å². The van der Waals surface area contributed by atoms with Crippen molar-refractivity contribution in [1.82, 2.24) is 24.5 Å². The van der Waals surface area contributed by atoms with E-state index in [0.717, 1.165) is 32.0 Å². The number of likely N-dealkylation sites (tertiary alicyclic amines) is 1. The van der Waals surface area contributed by atoms with Crippen molar-refractivity contribution in [3.8, 4) is 5.69 Å². The zero-order chi connectivity index (χ0) is 23.6. The molecule has 0 radical (unpaired) electrons. The summed E-state index contributed by atoms with van der Waals surface area (Å²) in [5, 5.41) is 4.09. The van der Waals surface area contributed by atoms with Gasteiger partial charge < -0.3 is 9.80 Å². The number of aromatic nitrogens is 2. The van der Waals surface area contributed by atoms with Crippen LogP contribution in [0.5, 0.6) is 0 Å². The van der Waals surface area contributed by atoms with E-state index in [1.54, 1.807) is 11.8 Å². The van der Waals surface area contributed by atoms with Gasteiger partial charge in [-0.05, 0) is 38.3 Å². The van der Waals surface area contributed by atoms with Crippen molar-refractivity contribution in [2.75, 3.05) is 45.8 Å². The Morgan fingerprint density at radius 2 is 1.61 bits per heavy atom. The summed E-state index contributed by atoms with van der Waals surface area (Å²) in [4.78, 5) is 31.2. The molecule has 2 aliphatic rings. The number of carbonyl (C=O) groups is 2. The lowest BCUT2D eigenvalue weighted by Gasteiger charge is -2.36. The van der Waals surface area contributed by atoms with Crippen LogP contribution in [0.4, 0.5) is 13.2 Å². The summed E-state index contributed by atoms with van der Waals surface area (Å²) in [6.07, 6.45) is 0.0730. The smallest absolute Gasteiger partial charge is 0.342 e. The largest absolute Gasteiger partial charge is 0.418 e. The molecule has 2 aliphatic heterocycles. The van der Waals surface area contributed by atoms with Crippen LogP contribution in [0, 0.1) is 6.92 Å². The minimum Gasteiger partial charge on any atom is -0.342 e. The van der Waals surface area contributed by atoms with Crippen molar-refractivity contribution in [3.05, 3.63) is 47.3 Å². The van der Waals surface area contributed by atoms with Crippen LogP contribution in [0.15, 0.2) is 30.5 Å². The second-order valence-electron chi connectivity index (χ2n) is 8.58. The molecule has 0 saturated carbocycles. The third-order valence-electron chi connectivity index (χ3n) is 6.40. The van der Waals surface area contributed by atoms with Gasteiger partial charge in [-0.1, -0.05) is 12.1 Å². The van der Waals surface area contributed by atoms with E-state index in [4.69, 9.17) is 0 Å². The molecule has 4 rings (SSSR count). The van der Waals surface area contributed by atoms with Crippen molar-refractivity contribution < 1.29 is 22.8 Å². The molecule has 1 aromatic carbocycles. The van der Waals surface area contributed by atoms with Gasteiger partial charge in [-0.15, -0.1) is 0 Å². The summed E-state index contributed by atoms with van der Waals surface area (Å²) in [6, 6.07) is 5.18. The number of piperidine rings is 1. The van der Waals surface area contributed by atoms with E-state index in [2.05, 4.69) is 10.00 Å². The number of alkyl halides is 3. The second-order valence-corrected chi connectivity index (χ2v) is 8.58. The average molecular weight is 464 g/mol. The van der Waals surface area contributed by atoms with E-state index in [9.17, 15) is 22.8 Å². The highest BCUT2D eigenvalue weighted by Gasteiger charge is 2.35. The van der Waals surface area contributed by atoms with E-state index in [1.165, 1.54) is 35.5 Å². The van der Waals surface area contributed by atoms with Crippen molar-refractivity contribution in [2.24, 2.45) is 0 Å². The highest BCUT2D eigenvalue weighted by molar-refractivity contribution is 5.95. The van der Waals surface area contributed by atoms with Gasteiger partial charge in [0.15, 0.2) is 0 Å². The Hall–Kier alpha value is -2.88. The first kappa shape index (κ1) is 23.3. The van der Waals surface area contributed by atoms with Crippen molar-refractivity contribution in [2.45, 2.75) is 32.4 Å². The number of para-hydroxylation sites is 1. The molecule has 0 N–H and O–H groups in total. The van der Waals surface area contributed by atoms with Crippen LogP contribution < -0.4 is 0 Å². The lowest BCUT2D eigenvalue weighted by molar-refractivity contribution is -0.137. The first-order chi connectivity index (χ1) is 15.8. The number of halogens is 3. The average Bonchev–Trinajstić information content (AvgIpc) is 3.20. The Bertz CT molecular complexity index is 1010. The Balaban J connectivity index is 1.40. The maximum Gasteiger partial charge on any atom is 0.418 e. The van der Waals surface area contributed by atoms with Crippen molar-refractivity contribution in [1.29, 1.82) is 0 Å². The van der Waals surface area contributed by atoms with Gasteiger partial charge in [0.2, 0.25) is 5.91 Å². The van der Waals surface area contributed by atoms with Crippen LogP contribution in [0.1, 0.15) is 40.9 Å². The van der Waals surface area contributed by atoms with Gasteiger partial charge in [0.25, 0.3) is 5.91 Å². The number of benzene rings is 1. The standard InChI is InChI=1S/C23H28F3N5O2/c1-17-18(15-27-31(17)20-8-4-3-7-19(20)23(24,25)26)22(33)30-13-11-28(12-14-30)16-21(32)29-9-5-2-6-10-29/h3-4,7-8,15H,2,5-6,9-14,16H2,1H3. The minimum atomic E-state index is -4.53. The molecule has 1 aromatic heterocycles. The molecule has 10 heteroatoms. The maximum absolute atomic E-state index is 13.4. The lowest BCUT2D eigenvalue weighted by atomic mass is 10.1. The summed E-state index contributed by atoms with van der Waals surface area (Å²) in [5.74, 6) is -0.125. The first-order valence-corrected chi connectivity index (χ1v) is 11.3. The molecule has 2 saturated heterocycles. The van der Waals surface area contributed by atoms with Gasteiger partial charge in [0, 0.05) is 39.3 Å². The van der Waals surface area contributed by atoms with Gasteiger partial charge >= 0.3 is 6.18 Å². The number of hydrogen-bond donors (Lipinski definition) is 0. The second kappa shape index (κ2) is 9.54. The summed E-state index contributed by atoms with van der Waals surface area (Å²) in [5.41, 5.74) is -0.269. The molecule has 178 valence electrons. The van der Waals surface area contributed by atoms with E-state index < -0.39 is 11.7 Å². The summed E-state index contributed by atoms with van der Waals surface area (Å²) in [7, 11) is 0. The van der Waals surface area contributed by atoms with Gasteiger partial charge in [-0.3, -0.25) is 14.5 Å². The first-order valence-electron chi connectivity index (χ1n) is 11.3. The van der Waals surface area contributed by atoms with Crippen LogP contribution in [0.2, 0.25) is 0 Å². The van der Waals surface area contributed by atoms with Crippen LogP contribution in [-0.4, -0.2) is 82.1 Å². The quantitative estimate of drug-likeness (QED) is 0.700. The molecule has 0 spiro atoms. The molecule has 0 aliphatic carbocycles. The van der Waals surface area contributed by atoms with E-state index >= 15 is 0 Å². The molecule has 3 heterocycles. The molecule has 7 nitrogen and oxygen atoms in total. The topological polar surface area (TPSA) is 61.7 Å². The SMILES string of the molecule is Cc1c(C(=O)N2CCN(CC(=O)N3CCCCC3)CC2)cnn1-c1ccccc1C(F)(F)F. The third-order valence-corrected chi connectivity index (χ3v) is 6.40. The number of amides is 2. The number of nitrogens with zero attached hydrogens (tertiary/aromatic N) is 5. The van der Waals surface area contributed by atoms with Gasteiger partial charge in [0.05, 0.1) is 35.2 Å². The van der Waals surface area contributed by atoms with E-state index in [1.807, 2.05) is 4.90 Å². The lowest BCUT2D eigenvalue weighted by Crippen LogP contribution is -2.52. The Morgan fingerprint density at radius 1 is 0.939 bits per heavy atom. The summed E-state index contributed by atoms with van der Waals surface area (Å²) < 4.78 is 41.4. The van der Waals surface area contributed by atoms with E-state index in [-0.39, 0.29) is 23.1 Å². The zero-order valence-corrected chi connectivity index (χ0v) is 18.6. The normalized spacial score (nSPS) is 17.9. The fraction of sp³-hybridized carbons (Fsp3) is 0.522. The fourth-order valence-electron chi connectivity index (χ4n) is 4.47. The van der Waals surface area contributed by atoms with Crippen molar-refractivity contribution in [3.63, 3.8) is 0 Å². The molecule has 0 bridgehead atoms. The maximum atomic E-state index is 13.4. The molecule has 2 amide bonds. The van der Waals surface area contributed by atoms with Crippen LogP contribution in [0.3, 0.4) is 0 Å². The monoisotopic (exact) mass is 463 g/mol. The predicted molar refractivity (Wildman–Crippen MR) is 116 cm³/mol. The molecule has 33 heavy (non-hydrogen) atoms. The summed E-state index contributed by atoms with van der Waals surface area (Å²) in [6.45, 7) is 5.65. The van der Waals surface area contributed by atoms with Gasteiger partial charge in [-0.2, -0.15) is 18.3 Å². The van der Waals surface area contributed by atoms with Gasteiger partial charge in [0.1, 0.15) is 0 Å². The molecule has 2 fully saturated rings. The number of piperazine rings is 1. The van der Waals surface area contributed by atoms with Crippen LogP contribution >= 0.6 is 0 Å². The summed E-state index contributed by atoms with van der Waals surface area (Å²) >= 11 is 0. The molecule has 0 unspecified atom stereocenters. The predicted octanol–water partition coefficient (Wildman–Crippen LogP) is 2.97. The number of carbonyl (C=O) groups excluding carboxylic acids is 2. The molecular formula is C23H28F3N5O2. The fourth-order valence-corrected chi connectivity index (χ4v) is 4.47. The highest BCUT2D eigenvalue weighted by atomic mass is 19.4. The number of rotatable bonds is 4. The zero-order valence-electron chi connectivity index (χ0n) is 18.6. The minimum absolute atomic E-state index is 0.109. The Labute approximate surface area is 190 Å².